The molecule has 1 aliphatic carbocycles. The van der Waals surface area contributed by atoms with E-state index in [2.05, 4.69) is 22.4 Å². The lowest BCUT2D eigenvalue weighted by Gasteiger charge is -2.39. The van der Waals surface area contributed by atoms with Crippen LogP contribution in [-0.2, 0) is 32.0 Å². The smallest absolute Gasteiger partial charge is 0.318 e. The van der Waals surface area contributed by atoms with Crippen LogP contribution in [0, 0.1) is 0 Å². The lowest BCUT2D eigenvalue weighted by Crippen LogP contribution is -2.47. The number of nitrogens with zero attached hydrogens (tertiary/aromatic N) is 4. The van der Waals surface area contributed by atoms with Crippen LogP contribution in [0.5, 0.6) is 0 Å². The predicted molar refractivity (Wildman–Crippen MR) is 131 cm³/mol. The Balaban J connectivity index is 1.50. The summed E-state index contributed by atoms with van der Waals surface area (Å²) in [5.41, 5.74) is -1.91. The van der Waals surface area contributed by atoms with Gasteiger partial charge in [0.1, 0.15) is 6.33 Å². The van der Waals surface area contributed by atoms with Crippen molar-refractivity contribution in [2.45, 2.75) is 70.0 Å². The molecule has 0 bridgehead atoms. The maximum Gasteiger partial charge on any atom is 0.416 e. The van der Waals surface area contributed by atoms with Crippen LogP contribution >= 0.6 is 0 Å². The lowest BCUT2D eigenvalue weighted by molar-refractivity contribution is -0.138. The third-order valence-corrected chi connectivity index (χ3v) is 7.75. The van der Waals surface area contributed by atoms with E-state index in [4.69, 9.17) is 0 Å². The molecule has 10 heteroatoms. The summed E-state index contributed by atoms with van der Waals surface area (Å²) in [5, 5.41) is 11.0. The van der Waals surface area contributed by atoms with E-state index in [0.717, 1.165) is 25.3 Å². The van der Waals surface area contributed by atoms with Gasteiger partial charge in [-0.2, -0.15) is 13.2 Å². The number of anilines is 1. The van der Waals surface area contributed by atoms with Crippen LogP contribution in [0.15, 0.2) is 42.7 Å². The predicted octanol–water partition coefficient (Wildman–Crippen LogP) is 5.65. The number of hydrogen-bond donors (Lipinski definition) is 1. The second kappa shape index (κ2) is 8.93. The maximum atomic E-state index is 16.2. The third-order valence-electron chi connectivity index (χ3n) is 7.75. The quantitative estimate of drug-likeness (QED) is 0.413. The van der Waals surface area contributed by atoms with Gasteiger partial charge < -0.3 is 14.8 Å². The molecule has 37 heavy (non-hydrogen) atoms. The minimum absolute atomic E-state index is 0.0334. The summed E-state index contributed by atoms with van der Waals surface area (Å²) in [6, 6.07) is 8.99. The largest absolute Gasteiger partial charge is 0.416 e. The Bertz CT molecular complexity index is 1350. The van der Waals surface area contributed by atoms with Gasteiger partial charge in [-0.25, -0.2) is 4.39 Å². The first-order valence-electron chi connectivity index (χ1n) is 12.4. The molecule has 2 aliphatic rings. The second-order valence-electron chi connectivity index (χ2n) is 10.3. The number of alkyl halides is 4. The number of amides is 1. The Hall–Kier alpha value is -3.27. The minimum Gasteiger partial charge on any atom is -0.318 e. The van der Waals surface area contributed by atoms with Gasteiger partial charge in [-0.15, -0.1) is 10.2 Å². The number of carbonyl (C=O) groups excluding carboxylic acids is 1. The van der Waals surface area contributed by atoms with Gasteiger partial charge in [0.05, 0.1) is 12.1 Å². The Morgan fingerprint density at radius 2 is 1.89 bits per heavy atom. The molecule has 1 unspecified atom stereocenters. The first-order chi connectivity index (χ1) is 17.4. The number of halogens is 4. The summed E-state index contributed by atoms with van der Waals surface area (Å²) in [6.07, 6.45) is -0.127. The molecule has 0 saturated heterocycles. The Labute approximate surface area is 212 Å². The van der Waals surface area contributed by atoms with Gasteiger partial charge in [-0.05, 0) is 73.6 Å². The average molecular weight is 516 g/mol. The van der Waals surface area contributed by atoms with Crippen molar-refractivity contribution in [3.05, 3.63) is 76.4 Å². The summed E-state index contributed by atoms with van der Waals surface area (Å²) in [4.78, 5) is 14.7. The van der Waals surface area contributed by atoms with Crippen LogP contribution in [0.4, 0.5) is 23.2 Å². The fraction of sp³-hybridized carbons (Fsp3) is 0.444. The summed E-state index contributed by atoms with van der Waals surface area (Å²) >= 11 is 0. The molecule has 1 saturated carbocycles. The summed E-state index contributed by atoms with van der Waals surface area (Å²) < 4.78 is 59.9. The molecule has 3 aromatic rings. The van der Waals surface area contributed by atoms with E-state index in [1.807, 2.05) is 0 Å². The molecule has 1 N–H and O–H groups in total. The fourth-order valence-electron chi connectivity index (χ4n) is 5.28. The van der Waals surface area contributed by atoms with E-state index in [-0.39, 0.29) is 47.6 Å². The molecule has 0 spiro atoms. The van der Waals surface area contributed by atoms with E-state index >= 15 is 4.39 Å². The van der Waals surface area contributed by atoms with Gasteiger partial charge >= 0.3 is 6.18 Å². The number of aryl methyl sites for hydroxylation is 1. The number of aromatic nitrogens is 3. The topological polar surface area (TPSA) is 63.1 Å². The molecule has 1 amide bonds. The number of carbonyl (C=O) groups is 1. The van der Waals surface area contributed by atoms with E-state index in [0.29, 0.717) is 11.3 Å². The molecule has 2 heterocycles. The van der Waals surface area contributed by atoms with E-state index in [1.54, 1.807) is 38.2 Å². The molecular formula is C27H29F4N5O. The van der Waals surface area contributed by atoms with Gasteiger partial charge in [-0.1, -0.05) is 19.1 Å². The molecule has 1 fully saturated rings. The van der Waals surface area contributed by atoms with E-state index in [9.17, 15) is 18.0 Å². The number of fused-ring (bicyclic) bond motifs is 1. The van der Waals surface area contributed by atoms with Crippen molar-refractivity contribution in [2.24, 2.45) is 7.05 Å². The van der Waals surface area contributed by atoms with Crippen molar-refractivity contribution in [3.8, 4) is 0 Å². The highest BCUT2D eigenvalue weighted by molar-refractivity contribution is 6.10. The molecule has 1 atom stereocenters. The van der Waals surface area contributed by atoms with Crippen molar-refractivity contribution in [2.75, 3.05) is 4.90 Å². The minimum atomic E-state index is -4.61. The monoisotopic (exact) mass is 515 g/mol. The van der Waals surface area contributed by atoms with Crippen molar-refractivity contribution in [1.82, 2.24) is 20.1 Å². The number of rotatable bonds is 7. The summed E-state index contributed by atoms with van der Waals surface area (Å²) in [7, 11) is 1.64. The highest BCUT2D eigenvalue weighted by atomic mass is 19.4. The normalized spacial score (nSPS) is 18.5. The van der Waals surface area contributed by atoms with Crippen LogP contribution in [0.2, 0.25) is 0 Å². The average Bonchev–Trinajstić information content (AvgIpc) is 3.43. The van der Waals surface area contributed by atoms with Crippen LogP contribution in [0.3, 0.4) is 0 Å². The Morgan fingerprint density at radius 1 is 1.14 bits per heavy atom. The van der Waals surface area contributed by atoms with Crippen LogP contribution < -0.4 is 10.2 Å². The molecule has 1 aliphatic heterocycles. The van der Waals surface area contributed by atoms with E-state index < -0.39 is 23.3 Å². The molecule has 2 aromatic carbocycles. The SMILES string of the molecule is CCC(F)(c1cccc(N2Cc3c(cc(CNC4(C)CCC4)cc3C(F)(F)F)C2=O)c1)c1nncn1C. The van der Waals surface area contributed by atoms with E-state index in [1.165, 1.54) is 21.9 Å². The first kappa shape index (κ1) is 25.4. The number of benzene rings is 2. The van der Waals surface area contributed by atoms with Gasteiger partial charge in [0.15, 0.2) is 11.5 Å². The van der Waals surface area contributed by atoms with Gasteiger partial charge in [0, 0.05) is 30.4 Å². The van der Waals surface area contributed by atoms with Gasteiger partial charge in [0.2, 0.25) is 0 Å². The van der Waals surface area contributed by atoms with Crippen LogP contribution in [-0.4, -0.2) is 26.2 Å². The standard InChI is InChI=1S/C27H29F4N5O/c1-4-26(28,24-34-33-16-35(24)3)18-7-5-8-19(13-18)36-15-21-20(23(36)37)11-17(12-22(21)27(29,30)31)14-32-25(2)9-6-10-25/h5,7-8,11-13,16,32H,4,6,9-10,14-15H2,1-3H3. The summed E-state index contributed by atoms with van der Waals surface area (Å²) in [6.45, 7) is 3.73. The van der Waals surface area contributed by atoms with Crippen molar-refractivity contribution in [3.63, 3.8) is 0 Å². The fourth-order valence-corrected chi connectivity index (χ4v) is 5.28. The second-order valence-corrected chi connectivity index (χ2v) is 10.3. The van der Waals surface area contributed by atoms with Crippen molar-refractivity contribution in [1.29, 1.82) is 0 Å². The van der Waals surface area contributed by atoms with Crippen LogP contribution in [0.1, 0.15) is 78.0 Å². The molecule has 5 rings (SSSR count). The third kappa shape index (κ3) is 4.41. The highest BCUT2D eigenvalue weighted by Gasteiger charge is 2.42. The number of hydrogen-bond acceptors (Lipinski definition) is 4. The van der Waals surface area contributed by atoms with Crippen molar-refractivity contribution >= 4 is 11.6 Å². The Kier molecular flexibility index (Phi) is 6.13. The molecular weight excluding hydrogens is 486 g/mol. The lowest BCUT2D eigenvalue weighted by atomic mass is 9.78. The zero-order valence-corrected chi connectivity index (χ0v) is 21.0. The number of nitrogens with one attached hydrogen (secondary N) is 1. The molecule has 1 aromatic heterocycles. The van der Waals surface area contributed by atoms with Gasteiger partial charge in [-0.3, -0.25) is 4.79 Å². The first-order valence-corrected chi connectivity index (χ1v) is 12.4. The highest BCUT2D eigenvalue weighted by Crippen LogP contribution is 2.42. The summed E-state index contributed by atoms with van der Waals surface area (Å²) in [5.74, 6) is -0.422. The zero-order valence-electron chi connectivity index (χ0n) is 21.0. The van der Waals surface area contributed by atoms with Crippen LogP contribution in [0.25, 0.3) is 0 Å². The van der Waals surface area contributed by atoms with Crippen molar-refractivity contribution < 1.29 is 22.4 Å². The zero-order chi connectivity index (χ0) is 26.6. The molecule has 0 radical (unpaired) electrons. The van der Waals surface area contributed by atoms with Gasteiger partial charge in [0.25, 0.3) is 5.91 Å². The molecule has 6 nitrogen and oxygen atoms in total. The molecule has 196 valence electrons. The Morgan fingerprint density at radius 3 is 2.49 bits per heavy atom. The maximum absolute atomic E-state index is 16.2.